The molecule has 0 amide bonds. The second-order valence-corrected chi connectivity index (χ2v) is 15.2. The average Bonchev–Trinajstić information content (AvgIpc) is 3.73. The Morgan fingerprint density at radius 3 is 1.44 bits per heavy atom. The fraction of sp³-hybridized carbons (Fsp3) is 0.333. The maximum atomic E-state index is 2.52. The van der Waals surface area contributed by atoms with Gasteiger partial charge in [0.25, 0.3) is 0 Å². The molecule has 200 valence electrons. The average molecular weight is 633 g/mol. The van der Waals surface area contributed by atoms with Crippen molar-refractivity contribution in [3.8, 4) is 0 Å². The molecule has 3 heteroatoms. The van der Waals surface area contributed by atoms with E-state index in [1.165, 1.54) is 35.1 Å². The monoisotopic (exact) mass is 630 g/mol. The summed E-state index contributed by atoms with van der Waals surface area (Å²) in [5.74, 6) is 0. The Morgan fingerprint density at radius 2 is 1.05 bits per heavy atom. The predicted octanol–water partition coefficient (Wildman–Crippen LogP) is 3.62. The van der Waals surface area contributed by atoms with Gasteiger partial charge in [0.05, 0.1) is 0 Å². The SMILES string of the molecule is CCC(C)(C1=Cc2ccccc2C1)C1=[C]([Zr+2][C]2=C(C(C)(CC)C3=Cc4ccccc4C3)C=CC2)CC=C1.[Cl-].[Cl-]. The van der Waals surface area contributed by atoms with Crippen molar-refractivity contribution in [3.63, 3.8) is 0 Å². The van der Waals surface area contributed by atoms with E-state index >= 15 is 0 Å². The third-order valence-corrected chi connectivity index (χ3v) is 13.5. The van der Waals surface area contributed by atoms with Crippen molar-refractivity contribution in [3.05, 3.63) is 124 Å². The molecule has 6 rings (SSSR count). The third-order valence-electron chi connectivity index (χ3n) is 9.72. The van der Waals surface area contributed by atoms with Crippen molar-refractivity contribution in [2.45, 2.75) is 66.2 Å². The summed E-state index contributed by atoms with van der Waals surface area (Å²) >= 11 is -0.878. The smallest absolute Gasteiger partial charge is 1.00 e. The van der Waals surface area contributed by atoms with E-state index in [0.717, 1.165) is 25.7 Å². The topological polar surface area (TPSA) is 0 Å². The molecule has 0 bridgehead atoms. The minimum Gasteiger partial charge on any atom is -1.00 e. The van der Waals surface area contributed by atoms with E-state index in [9.17, 15) is 0 Å². The molecule has 0 N–H and O–H groups in total. The van der Waals surface area contributed by atoms with Gasteiger partial charge in [-0.05, 0) is 0 Å². The van der Waals surface area contributed by atoms with Gasteiger partial charge in [-0.1, -0.05) is 0 Å². The van der Waals surface area contributed by atoms with E-state index < -0.39 is 23.2 Å². The van der Waals surface area contributed by atoms with E-state index in [1.54, 1.807) is 22.3 Å². The van der Waals surface area contributed by atoms with Gasteiger partial charge in [0, 0.05) is 0 Å². The molecule has 0 saturated heterocycles. The van der Waals surface area contributed by atoms with Crippen molar-refractivity contribution < 1.29 is 48.0 Å². The fourth-order valence-electron chi connectivity index (χ4n) is 6.91. The van der Waals surface area contributed by atoms with Crippen molar-refractivity contribution in [1.29, 1.82) is 0 Å². The van der Waals surface area contributed by atoms with E-state index in [1.807, 2.05) is 6.56 Å². The number of halogens is 2. The number of hydrogen-bond acceptors (Lipinski definition) is 0. The molecule has 0 heterocycles. The quantitative estimate of drug-likeness (QED) is 0.418. The molecule has 0 aliphatic heterocycles. The van der Waals surface area contributed by atoms with Crippen LogP contribution in [0.3, 0.4) is 0 Å². The zero-order valence-corrected chi connectivity index (χ0v) is 27.6. The van der Waals surface area contributed by atoms with Crippen LogP contribution in [0, 0.1) is 10.8 Å². The van der Waals surface area contributed by atoms with Gasteiger partial charge in [-0.15, -0.1) is 0 Å². The van der Waals surface area contributed by atoms with Gasteiger partial charge in [0.1, 0.15) is 0 Å². The molecule has 0 aromatic heterocycles. The number of hydrogen-bond donors (Lipinski definition) is 0. The minimum atomic E-state index is -0.878. The molecular weight excluding hydrogens is 595 g/mol. The predicted molar refractivity (Wildman–Crippen MR) is 155 cm³/mol. The van der Waals surface area contributed by atoms with Crippen LogP contribution in [0.15, 0.2) is 102 Å². The molecule has 0 radical (unpaired) electrons. The van der Waals surface area contributed by atoms with Crippen LogP contribution < -0.4 is 24.8 Å². The maximum absolute atomic E-state index is 2.52. The fourth-order valence-corrected chi connectivity index (χ4v) is 11.3. The van der Waals surface area contributed by atoms with Crippen LogP contribution in [0.1, 0.15) is 75.6 Å². The van der Waals surface area contributed by atoms with Crippen LogP contribution in [0.2, 0.25) is 0 Å². The Kier molecular flexibility index (Phi) is 9.37. The number of allylic oxidation sites excluding steroid dienone is 10. The van der Waals surface area contributed by atoms with Crippen molar-refractivity contribution in [2.24, 2.45) is 10.8 Å². The van der Waals surface area contributed by atoms with E-state index in [4.69, 9.17) is 0 Å². The van der Waals surface area contributed by atoms with Crippen LogP contribution in [-0.2, 0) is 36.1 Å². The molecule has 0 fully saturated rings. The third kappa shape index (κ3) is 5.25. The molecule has 2 aromatic rings. The first kappa shape index (κ1) is 30.3. The van der Waals surface area contributed by atoms with E-state index in [-0.39, 0.29) is 35.6 Å². The summed E-state index contributed by atoms with van der Waals surface area (Å²) in [5.41, 5.74) is 12.7. The molecule has 0 nitrogen and oxygen atoms in total. The molecule has 0 saturated carbocycles. The standard InChI is InChI=1S/2C18H19.2ClH.Zr/c2*1-3-18(2,16-10-6-7-11-16)17-12-14-8-4-5-9-15(14)13-17;;;/h2*4-6,8-10,12H,3,7,13H2,1-2H3;2*1H;/q;;;;+2/p-2. The molecule has 0 spiro atoms. The van der Waals surface area contributed by atoms with Crippen LogP contribution in [-0.4, -0.2) is 0 Å². The van der Waals surface area contributed by atoms with Crippen molar-refractivity contribution >= 4 is 12.2 Å². The van der Waals surface area contributed by atoms with Gasteiger partial charge >= 0.3 is 236 Å². The maximum Gasteiger partial charge on any atom is -1.00 e. The Balaban J connectivity index is 0.00000176. The second kappa shape index (κ2) is 12.1. The Labute approximate surface area is 259 Å². The van der Waals surface area contributed by atoms with Gasteiger partial charge in [0.15, 0.2) is 0 Å². The van der Waals surface area contributed by atoms with E-state index in [0.29, 0.717) is 0 Å². The minimum absolute atomic E-state index is 0. The van der Waals surface area contributed by atoms with Crippen molar-refractivity contribution in [2.75, 3.05) is 0 Å². The first-order chi connectivity index (χ1) is 18.0. The molecular formula is C36H38Cl2Zr. The van der Waals surface area contributed by atoms with Gasteiger partial charge in [-0.25, -0.2) is 0 Å². The molecule has 2 unspecified atom stereocenters. The van der Waals surface area contributed by atoms with Gasteiger partial charge in [-0.2, -0.15) is 0 Å². The number of benzene rings is 2. The summed E-state index contributed by atoms with van der Waals surface area (Å²) in [6, 6.07) is 18.0. The molecule has 2 aromatic carbocycles. The molecule has 4 aliphatic carbocycles. The summed E-state index contributed by atoms with van der Waals surface area (Å²) in [4.78, 5) is 0. The van der Waals surface area contributed by atoms with Crippen LogP contribution >= 0.6 is 0 Å². The van der Waals surface area contributed by atoms with Gasteiger partial charge in [-0.3, -0.25) is 0 Å². The zero-order chi connectivity index (χ0) is 25.6. The Bertz CT molecular complexity index is 1340. The summed E-state index contributed by atoms with van der Waals surface area (Å²) in [7, 11) is 0. The van der Waals surface area contributed by atoms with Crippen molar-refractivity contribution in [1.82, 2.24) is 0 Å². The van der Waals surface area contributed by atoms with Crippen LogP contribution in [0.4, 0.5) is 0 Å². The van der Waals surface area contributed by atoms with Gasteiger partial charge < -0.3 is 24.8 Å². The Morgan fingerprint density at radius 1 is 0.641 bits per heavy atom. The van der Waals surface area contributed by atoms with E-state index in [2.05, 4.69) is 113 Å². The first-order valence-electron chi connectivity index (χ1n) is 14.1. The summed E-state index contributed by atoms with van der Waals surface area (Å²) < 4.78 is 3.62. The molecule has 39 heavy (non-hydrogen) atoms. The zero-order valence-electron chi connectivity index (χ0n) is 23.6. The Hall–Kier alpha value is -1.66. The first-order valence-corrected chi connectivity index (χ1v) is 16.6. The summed E-state index contributed by atoms with van der Waals surface area (Å²) in [5, 5.41) is 0. The van der Waals surface area contributed by atoms with Gasteiger partial charge in [0.2, 0.25) is 0 Å². The summed E-state index contributed by atoms with van der Waals surface area (Å²) in [6.07, 6.45) is 21.8. The van der Waals surface area contributed by atoms with Crippen LogP contribution in [0.25, 0.3) is 12.2 Å². The molecule has 4 aliphatic rings. The second-order valence-electron chi connectivity index (χ2n) is 11.6. The molecule has 2 atom stereocenters. The number of fused-ring (bicyclic) bond motifs is 2. The normalized spacial score (nSPS) is 19.9. The number of rotatable bonds is 8. The van der Waals surface area contributed by atoms with Crippen LogP contribution in [0.5, 0.6) is 0 Å². The summed E-state index contributed by atoms with van der Waals surface area (Å²) in [6.45, 7) is 9.83. The largest absolute Gasteiger partial charge is 1.00 e.